The summed E-state index contributed by atoms with van der Waals surface area (Å²) in [6.07, 6.45) is -1.18. The monoisotopic (exact) mass is 454 g/mol. The van der Waals surface area contributed by atoms with Crippen LogP contribution in [0.1, 0.15) is 12.6 Å². The second-order valence-electron chi connectivity index (χ2n) is 6.59. The van der Waals surface area contributed by atoms with E-state index in [4.69, 9.17) is 8.92 Å². The van der Waals surface area contributed by atoms with Gasteiger partial charge in [-0.2, -0.15) is 13.1 Å². The zero-order chi connectivity index (χ0) is 22.2. The maximum atomic E-state index is 14.5. The molecule has 1 aliphatic heterocycles. The van der Waals surface area contributed by atoms with Crippen molar-refractivity contribution in [1.82, 2.24) is 24.2 Å². The summed E-state index contributed by atoms with van der Waals surface area (Å²) in [5.74, 6) is -0.132. The highest BCUT2D eigenvalue weighted by Gasteiger charge is 2.38. The fraction of sp³-hybridized carbons (Fsp3) is 0.312. The molecule has 0 spiro atoms. The lowest BCUT2D eigenvalue weighted by Crippen LogP contribution is -2.35. The zero-order valence-corrected chi connectivity index (χ0v) is 16.4. The topological polar surface area (TPSA) is 171 Å². The van der Waals surface area contributed by atoms with Crippen molar-refractivity contribution in [2.75, 3.05) is 6.54 Å². The number of rotatable bonds is 7. The number of benzene rings is 1. The maximum Gasteiger partial charge on any atom is 0.382 e. The fourth-order valence-electron chi connectivity index (χ4n) is 3.10. The third-order valence-electron chi connectivity index (χ3n) is 4.51. The first kappa shape index (κ1) is 20.8. The highest BCUT2D eigenvalue weighted by atomic mass is 32.2. The minimum atomic E-state index is -4.28. The third kappa shape index (κ3) is 4.37. The van der Waals surface area contributed by atoms with Crippen LogP contribution in [0.2, 0.25) is 0 Å². The fourth-order valence-corrected chi connectivity index (χ4v) is 3.91. The van der Waals surface area contributed by atoms with Gasteiger partial charge in [0.25, 0.3) is 11.2 Å². The van der Waals surface area contributed by atoms with Crippen molar-refractivity contribution in [1.29, 1.82) is 0 Å². The Balaban J connectivity index is 1.39. The lowest BCUT2D eigenvalue weighted by molar-refractivity contribution is -0.384. The maximum absolute atomic E-state index is 14.5. The van der Waals surface area contributed by atoms with Crippen molar-refractivity contribution in [2.45, 2.75) is 24.9 Å². The number of halogens is 1. The zero-order valence-electron chi connectivity index (χ0n) is 15.5. The number of imidazole rings is 1. The molecule has 3 heterocycles. The summed E-state index contributed by atoms with van der Waals surface area (Å²) in [6, 6.07) is 4.46. The average molecular weight is 454 g/mol. The van der Waals surface area contributed by atoms with Crippen LogP contribution in [-0.2, 0) is 15.0 Å². The predicted octanol–water partition coefficient (Wildman–Crippen LogP) is 0.567. The molecule has 1 aromatic carbocycles. The Morgan fingerprint density at radius 2 is 2.10 bits per heavy atom. The third-order valence-corrected chi connectivity index (χ3v) is 5.44. The number of nitro groups is 1. The Morgan fingerprint density at radius 1 is 1.35 bits per heavy atom. The molecule has 0 aliphatic carbocycles. The van der Waals surface area contributed by atoms with Crippen LogP contribution in [0.3, 0.4) is 0 Å². The van der Waals surface area contributed by atoms with Crippen LogP contribution < -0.4 is 14.5 Å². The van der Waals surface area contributed by atoms with Crippen LogP contribution in [0.5, 0.6) is 5.75 Å². The number of nitrogens with zero attached hydrogens (tertiary/aromatic N) is 4. The van der Waals surface area contributed by atoms with Gasteiger partial charge in [-0.15, -0.1) is 0 Å². The number of ether oxygens (including phenoxy) is 1. The summed E-state index contributed by atoms with van der Waals surface area (Å²) < 4.78 is 52.6. The SMILES string of the molecule is O=c1[nH]cnc2c1ncn2[C@@H]1O[C@H](CNS(=O)(=O)Oc2ccc([N+](=O)[O-])cc2)C[C@H]1F. The first-order valence-corrected chi connectivity index (χ1v) is 10.3. The van der Waals surface area contributed by atoms with E-state index in [0.717, 1.165) is 30.6 Å². The molecule has 0 radical (unpaired) electrons. The van der Waals surface area contributed by atoms with E-state index in [1.165, 1.54) is 10.9 Å². The Morgan fingerprint density at radius 3 is 2.81 bits per heavy atom. The van der Waals surface area contributed by atoms with Crippen LogP contribution in [0.15, 0.2) is 41.7 Å². The summed E-state index contributed by atoms with van der Waals surface area (Å²) in [6.45, 7) is -0.285. The van der Waals surface area contributed by atoms with Gasteiger partial charge < -0.3 is 13.9 Å². The molecule has 0 bridgehead atoms. The molecule has 3 aromatic rings. The van der Waals surface area contributed by atoms with Gasteiger partial charge in [0.1, 0.15) is 11.9 Å². The number of fused-ring (bicyclic) bond motifs is 1. The molecule has 0 unspecified atom stereocenters. The highest BCUT2D eigenvalue weighted by molar-refractivity contribution is 7.85. The Bertz CT molecular complexity index is 1280. The quantitative estimate of drug-likeness (QED) is 0.382. The molecular formula is C16H15FN6O7S. The smallest absolute Gasteiger partial charge is 0.371 e. The van der Waals surface area contributed by atoms with E-state index in [0.29, 0.717) is 0 Å². The van der Waals surface area contributed by atoms with Gasteiger partial charge in [-0.25, -0.2) is 14.4 Å². The Labute approximate surface area is 173 Å². The molecule has 2 aromatic heterocycles. The minimum absolute atomic E-state index is 0.0268. The second kappa shape index (κ2) is 8.01. The molecule has 4 rings (SSSR count). The number of non-ortho nitro benzene ring substituents is 1. The van der Waals surface area contributed by atoms with E-state index >= 15 is 0 Å². The Hall–Kier alpha value is -3.43. The molecule has 3 atom stereocenters. The van der Waals surface area contributed by atoms with Crippen molar-refractivity contribution in [3.8, 4) is 5.75 Å². The molecule has 0 saturated carbocycles. The summed E-state index contributed by atoms with van der Waals surface area (Å²) in [5, 5.41) is 10.6. The first-order valence-electron chi connectivity index (χ1n) is 8.87. The number of aromatic amines is 1. The molecule has 1 saturated heterocycles. The van der Waals surface area contributed by atoms with Gasteiger partial charge in [0, 0.05) is 25.1 Å². The van der Waals surface area contributed by atoms with Crippen molar-refractivity contribution in [2.24, 2.45) is 0 Å². The standard InChI is InChI=1S/C16H15FN6O7S/c17-12-5-11(29-16(12)22-8-20-13-14(22)18-7-19-15(13)24)6-21-31(27,28)30-10-3-1-9(2-4-10)23(25)26/h1-4,7-8,11-12,16,21H,5-6H2,(H,18,19,24)/t11-,12+,16+/m0/s1. The van der Waals surface area contributed by atoms with Crippen LogP contribution in [0, 0.1) is 10.1 Å². The average Bonchev–Trinajstić information content (AvgIpc) is 3.30. The van der Waals surface area contributed by atoms with Gasteiger partial charge in [0.05, 0.1) is 23.7 Å². The molecule has 1 aliphatic rings. The number of nitro benzene ring substituents is 1. The lowest BCUT2D eigenvalue weighted by Gasteiger charge is -2.16. The van der Waals surface area contributed by atoms with Gasteiger partial charge >= 0.3 is 10.3 Å². The van der Waals surface area contributed by atoms with Crippen molar-refractivity contribution < 1.29 is 26.7 Å². The molecule has 0 amide bonds. The number of nitrogens with one attached hydrogen (secondary N) is 2. The number of H-pyrrole nitrogens is 1. The summed E-state index contributed by atoms with van der Waals surface area (Å²) in [5.41, 5.74) is -0.538. The van der Waals surface area contributed by atoms with Crippen molar-refractivity contribution >= 4 is 27.2 Å². The first-order chi connectivity index (χ1) is 14.7. The number of alkyl halides is 1. The lowest BCUT2D eigenvalue weighted by atomic mass is 10.2. The van der Waals surface area contributed by atoms with Gasteiger partial charge in [-0.1, -0.05) is 0 Å². The molecular weight excluding hydrogens is 439 g/mol. The molecule has 15 heteroatoms. The number of hydrogen-bond acceptors (Lipinski definition) is 9. The van der Waals surface area contributed by atoms with E-state index in [1.54, 1.807) is 0 Å². The molecule has 31 heavy (non-hydrogen) atoms. The second-order valence-corrected chi connectivity index (χ2v) is 7.96. The normalized spacial score (nSPS) is 21.4. The van der Waals surface area contributed by atoms with Crippen molar-refractivity contribution in [3.63, 3.8) is 0 Å². The summed E-state index contributed by atoms with van der Waals surface area (Å²) in [7, 11) is -4.28. The number of aromatic nitrogens is 4. The predicted molar refractivity (Wildman–Crippen MR) is 102 cm³/mol. The number of hydrogen-bond donors (Lipinski definition) is 2. The van der Waals surface area contributed by atoms with E-state index in [9.17, 15) is 27.7 Å². The van der Waals surface area contributed by atoms with E-state index in [1.807, 2.05) is 0 Å². The van der Waals surface area contributed by atoms with Crippen molar-refractivity contribution in [3.05, 3.63) is 57.4 Å². The largest absolute Gasteiger partial charge is 0.382 e. The Kier molecular flexibility index (Phi) is 5.38. The highest BCUT2D eigenvalue weighted by Crippen LogP contribution is 2.32. The van der Waals surface area contributed by atoms with Crippen LogP contribution in [0.4, 0.5) is 10.1 Å². The van der Waals surface area contributed by atoms with Crippen LogP contribution >= 0.6 is 0 Å². The van der Waals surface area contributed by atoms with E-state index < -0.39 is 39.3 Å². The molecule has 1 fully saturated rings. The minimum Gasteiger partial charge on any atom is -0.371 e. The van der Waals surface area contributed by atoms with E-state index in [-0.39, 0.29) is 35.6 Å². The summed E-state index contributed by atoms with van der Waals surface area (Å²) in [4.78, 5) is 32.0. The van der Waals surface area contributed by atoms with E-state index in [2.05, 4.69) is 19.7 Å². The van der Waals surface area contributed by atoms with Gasteiger partial charge in [0.2, 0.25) is 0 Å². The summed E-state index contributed by atoms with van der Waals surface area (Å²) >= 11 is 0. The molecule has 2 N–H and O–H groups in total. The molecule has 164 valence electrons. The van der Waals surface area contributed by atoms with Crippen LogP contribution in [0.25, 0.3) is 11.2 Å². The van der Waals surface area contributed by atoms with Gasteiger partial charge in [0.15, 0.2) is 17.4 Å². The molecule has 13 nitrogen and oxygen atoms in total. The van der Waals surface area contributed by atoms with Crippen LogP contribution in [-0.4, -0.2) is 51.7 Å². The van der Waals surface area contributed by atoms with Gasteiger partial charge in [-0.3, -0.25) is 19.5 Å². The van der Waals surface area contributed by atoms with Gasteiger partial charge in [-0.05, 0) is 12.1 Å².